The van der Waals surface area contributed by atoms with E-state index in [1.807, 2.05) is 18.3 Å². The van der Waals surface area contributed by atoms with Crippen LogP contribution in [0.2, 0.25) is 0 Å². The van der Waals surface area contributed by atoms with Crippen molar-refractivity contribution >= 4 is 27.3 Å². The monoisotopic (exact) mass is 331 g/mol. The molecule has 0 amide bonds. The van der Waals surface area contributed by atoms with Gasteiger partial charge >= 0.3 is 0 Å². The van der Waals surface area contributed by atoms with Gasteiger partial charge in [-0.25, -0.2) is 0 Å². The SMILES string of the molecule is CC(O)CC1CCCCCN1Cc1ccc(Br)s1. The predicted octanol–water partition coefficient (Wildman–Crippen LogP) is 4.03. The van der Waals surface area contributed by atoms with Crippen LogP contribution in [0.25, 0.3) is 0 Å². The highest BCUT2D eigenvalue weighted by Crippen LogP contribution is 2.27. The summed E-state index contributed by atoms with van der Waals surface area (Å²) in [4.78, 5) is 3.98. The lowest BCUT2D eigenvalue weighted by Gasteiger charge is -2.30. The third-order valence-electron chi connectivity index (χ3n) is 3.60. The van der Waals surface area contributed by atoms with Crippen molar-refractivity contribution in [2.75, 3.05) is 6.54 Å². The highest BCUT2D eigenvalue weighted by Gasteiger charge is 2.22. The first-order valence-electron chi connectivity index (χ1n) is 6.81. The van der Waals surface area contributed by atoms with Gasteiger partial charge in [-0.05, 0) is 60.8 Å². The van der Waals surface area contributed by atoms with Crippen LogP contribution in [0.1, 0.15) is 43.9 Å². The largest absolute Gasteiger partial charge is 0.393 e. The van der Waals surface area contributed by atoms with Crippen LogP contribution in [0.3, 0.4) is 0 Å². The van der Waals surface area contributed by atoms with Gasteiger partial charge in [-0.3, -0.25) is 4.90 Å². The van der Waals surface area contributed by atoms with Crippen molar-refractivity contribution in [1.29, 1.82) is 0 Å². The molecule has 102 valence electrons. The van der Waals surface area contributed by atoms with Gasteiger partial charge in [0.25, 0.3) is 0 Å². The number of aliphatic hydroxyl groups is 1. The summed E-state index contributed by atoms with van der Waals surface area (Å²) in [6, 6.07) is 4.88. The summed E-state index contributed by atoms with van der Waals surface area (Å²) < 4.78 is 1.21. The predicted molar refractivity (Wildman–Crippen MR) is 81.0 cm³/mol. The highest BCUT2D eigenvalue weighted by atomic mass is 79.9. The maximum atomic E-state index is 9.65. The van der Waals surface area contributed by atoms with Gasteiger partial charge in [0, 0.05) is 17.5 Å². The molecule has 0 spiro atoms. The molecule has 2 heterocycles. The summed E-state index contributed by atoms with van der Waals surface area (Å²) in [5.41, 5.74) is 0. The van der Waals surface area contributed by atoms with E-state index in [0.29, 0.717) is 6.04 Å². The van der Waals surface area contributed by atoms with E-state index in [-0.39, 0.29) is 6.10 Å². The Balaban J connectivity index is 2.00. The van der Waals surface area contributed by atoms with Gasteiger partial charge in [0.15, 0.2) is 0 Å². The maximum Gasteiger partial charge on any atom is 0.0701 e. The molecule has 2 rings (SSSR count). The van der Waals surface area contributed by atoms with Crippen LogP contribution >= 0.6 is 27.3 Å². The number of halogens is 1. The Morgan fingerprint density at radius 3 is 2.94 bits per heavy atom. The highest BCUT2D eigenvalue weighted by molar-refractivity contribution is 9.11. The van der Waals surface area contributed by atoms with E-state index >= 15 is 0 Å². The van der Waals surface area contributed by atoms with Gasteiger partial charge in [-0.1, -0.05) is 12.8 Å². The smallest absolute Gasteiger partial charge is 0.0701 e. The van der Waals surface area contributed by atoms with Crippen molar-refractivity contribution in [3.8, 4) is 0 Å². The Hall–Kier alpha value is 0.1000. The fraction of sp³-hybridized carbons (Fsp3) is 0.714. The van der Waals surface area contributed by atoms with Crippen molar-refractivity contribution in [2.45, 2.75) is 57.7 Å². The Labute approximate surface area is 122 Å². The zero-order chi connectivity index (χ0) is 13.0. The summed E-state index contributed by atoms with van der Waals surface area (Å²) in [6.45, 7) is 4.12. The molecule has 1 aliphatic rings. The quantitative estimate of drug-likeness (QED) is 0.900. The molecule has 1 saturated heterocycles. The van der Waals surface area contributed by atoms with Crippen LogP contribution in [0.15, 0.2) is 15.9 Å². The molecule has 4 heteroatoms. The lowest BCUT2D eigenvalue weighted by molar-refractivity contribution is 0.109. The normalized spacial score (nSPS) is 23.8. The molecular weight excluding hydrogens is 310 g/mol. The minimum atomic E-state index is -0.189. The number of hydrogen-bond donors (Lipinski definition) is 1. The van der Waals surface area contributed by atoms with E-state index in [9.17, 15) is 5.11 Å². The van der Waals surface area contributed by atoms with E-state index in [4.69, 9.17) is 0 Å². The number of likely N-dealkylation sites (tertiary alicyclic amines) is 1. The molecular formula is C14H22BrNOS. The average Bonchev–Trinajstić information content (AvgIpc) is 2.58. The third kappa shape index (κ3) is 4.34. The van der Waals surface area contributed by atoms with E-state index in [1.54, 1.807) is 0 Å². The average molecular weight is 332 g/mol. The van der Waals surface area contributed by atoms with Gasteiger partial charge < -0.3 is 5.11 Å². The lowest BCUT2D eigenvalue weighted by Crippen LogP contribution is -2.36. The van der Waals surface area contributed by atoms with Crippen LogP contribution in [0.5, 0.6) is 0 Å². The number of rotatable bonds is 4. The molecule has 1 fully saturated rings. The fourth-order valence-electron chi connectivity index (χ4n) is 2.74. The maximum absolute atomic E-state index is 9.65. The summed E-state index contributed by atoms with van der Waals surface area (Å²) in [6.07, 6.45) is 5.89. The van der Waals surface area contributed by atoms with Gasteiger partial charge in [0.2, 0.25) is 0 Å². The minimum Gasteiger partial charge on any atom is -0.393 e. The van der Waals surface area contributed by atoms with Crippen molar-refractivity contribution in [1.82, 2.24) is 4.90 Å². The second-order valence-electron chi connectivity index (χ2n) is 5.26. The second kappa shape index (κ2) is 7.04. The molecule has 0 bridgehead atoms. The minimum absolute atomic E-state index is 0.189. The first-order chi connectivity index (χ1) is 8.65. The molecule has 0 radical (unpaired) electrons. The van der Waals surface area contributed by atoms with Gasteiger partial charge in [0.05, 0.1) is 9.89 Å². The van der Waals surface area contributed by atoms with Crippen molar-refractivity contribution in [3.05, 3.63) is 20.8 Å². The van der Waals surface area contributed by atoms with Crippen molar-refractivity contribution in [3.63, 3.8) is 0 Å². The Morgan fingerprint density at radius 2 is 2.28 bits per heavy atom. The van der Waals surface area contributed by atoms with Gasteiger partial charge in [-0.15, -0.1) is 11.3 Å². The number of nitrogens with zero attached hydrogens (tertiary/aromatic N) is 1. The van der Waals surface area contributed by atoms with Gasteiger partial charge in [0.1, 0.15) is 0 Å². The van der Waals surface area contributed by atoms with E-state index < -0.39 is 0 Å². The molecule has 2 atom stereocenters. The Morgan fingerprint density at radius 1 is 1.44 bits per heavy atom. The van der Waals surface area contributed by atoms with Crippen LogP contribution in [0.4, 0.5) is 0 Å². The second-order valence-corrected chi connectivity index (χ2v) is 7.81. The summed E-state index contributed by atoms with van der Waals surface area (Å²) >= 11 is 5.35. The molecule has 0 saturated carbocycles. The first-order valence-corrected chi connectivity index (χ1v) is 8.42. The summed E-state index contributed by atoms with van der Waals surface area (Å²) in [7, 11) is 0. The van der Waals surface area contributed by atoms with Crippen LogP contribution in [-0.2, 0) is 6.54 Å². The summed E-state index contributed by atoms with van der Waals surface area (Å²) in [5, 5.41) is 9.65. The Kier molecular flexibility index (Phi) is 5.67. The molecule has 0 aliphatic carbocycles. The van der Waals surface area contributed by atoms with E-state index in [2.05, 4.69) is 33.0 Å². The molecule has 1 aromatic heterocycles. The molecule has 2 unspecified atom stereocenters. The first kappa shape index (κ1) is 14.5. The van der Waals surface area contributed by atoms with E-state index in [0.717, 1.165) is 13.0 Å². The molecule has 1 aliphatic heterocycles. The molecule has 18 heavy (non-hydrogen) atoms. The zero-order valence-corrected chi connectivity index (χ0v) is 13.3. The number of aliphatic hydroxyl groups excluding tert-OH is 1. The zero-order valence-electron chi connectivity index (χ0n) is 10.9. The Bertz CT molecular complexity index is 366. The van der Waals surface area contributed by atoms with E-state index in [1.165, 1.54) is 40.9 Å². The van der Waals surface area contributed by atoms with Crippen LogP contribution in [-0.4, -0.2) is 28.7 Å². The number of hydrogen-bond acceptors (Lipinski definition) is 3. The van der Waals surface area contributed by atoms with Crippen LogP contribution in [0, 0.1) is 0 Å². The molecule has 2 nitrogen and oxygen atoms in total. The summed E-state index contributed by atoms with van der Waals surface area (Å²) in [5.74, 6) is 0. The standard InChI is InChI=1S/C14H22BrNOS/c1-11(17)9-12-5-3-2-4-8-16(12)10-13-6-7-14(15)18-13/h6-7,11-12,17H,2-5,8-10H2,1H3. The molecule has 1 N–H and O–H groups in total. The molecule has 0 aromatic carbocycles. The lowest BCUT2D eigenvalue weighted by atomic mass is 10.0. The van der Waals surface area contributed by atoms with Crippen LogP contribution < -0.4 is 0 Å². The van der Waals surface area contributed by atoms with Crippen molar-refractivity contribution in [2.24, 2.45) is 0 Å². The topological polar surface area (TPSA) is 23.5 Å². The number of thiophene rings is 1. The van der Waals surface area contributed by atoms with Crippen molar-refractivity contribution < 1.29 is 5.11 Å². The fourth-order valence-corrected chi connectivity index (χ4v) is 4.25. The third-order valence-corrected chi connectivity index (χ3v) is 5.21. The van der Waals surface area contributed by atoms with Gasteiger partial charge in [-0.2, -0.15) is 0 Å². The molecule has 1 aromatic rings.